The van der Waals surface area contributed by atoms with E-state index in [1.165, 1.54) is 18.2 Å². The summed E-state index contributed by atoms with van der Waals surface area (Å²) in [6.45, 7) is 3.37. The molecule has 0 fully saturated rings. The van der Waals surface area contributed by atoms with E-state index < -0.39 is 20.0 Å². The van der Waals surface area contributed by atoms with Crippen molar-refractivity contribution in [2.45, 2.75) is 37.1 Å². The van der Waals surface area contributed by atoms with Crippen molar-refractivity contribution < 1.29 is 16.8 Å². The standard InChI is InChI=1S/C17H20Cl2N2O4S2/c1-12(2)21-26(22,23)11-14-6-4-3-5-13(14)10-20-27(24,25)17-9-15(18)7-8-16(17)19/h3-9,12,20-21H,10-11H2,1-2H3. The Balaban J connectivity index is 2.23. The molecular formula is C17H20Cl2N2O4S2. The van der Waals surface area contributed by atoms with Gasteiger partial charge in [-0.3, -0.25) is 0 Å². The lowest BCUT2D eigenvalue weighted by Crippen LogP contribution is -2.32. The fourth-order valence-corrected chi connectivity index (χ4v) is 5.67. The molecule has 0 saturated heterocycles. The van der Waals surface area contributed by atoms with Gasteiger partial charge >= 0.3 is 0 Å². The molecule has 0 aliphatic rings. The van der Waals surface area contributed by atoms with Crippen molar-refractivity contribution in [3.8, 4) is 0 Å². The highest BCUT2D eigenvalue weighted by atomic mass is 35.5. The maximum atomic E-state index is 12.5. The molecule has 0 amide bonds. The van der Waals surface area contributed by atoms with Gasteiger partial charge in [0.15, 0.2) is 0 Å². The molecular weight excluding hydrogens is 431 g/mol. The molecule has 0 aliphatic heterocycles. The first-order chi connectivity index (χ1) is 12.5. The largest absolute Gasteiger partial charge is 0.242 e. The van der Waals surface area contributed by atoms with E-state index in [2.05, 4.69) is 9.44 Å². The number of hydrogen-bond acceptors (Lipinski definition) is 4. The van der Waals surface area contributed by atoms with Crippen molar-refractivity contribution in [2.24, 2.45) is 0 Å². The van der Waals surface area contributed by atoms with Gasteiger partial charge in [0.2, 0.25) is 20.0 Å². The SMILES string of the molecule is CC(C)NS(=O)(=O)Cc1ccccc1CNS(=O)(=O)c1cc(Cl)ccc1Cl. The summed E-state index contributed by atoms with van der Waals surface area (Å²) in [6, 6.07) is 10.6. The van der Waals surface area contributed by atoms with E-state index in [0.29, 0.717) is 11.1 Å². The van der Waals surface area contributed by atoms with E-state index in [-0.39, 0.29) is 33.3 Å². The molecule has 0 heterocycles. The number of hydrogen-bond donors (Lipinski definition) is 2. The fourth-order valence-electron chi connectivity index (χ4n) is 2.41. The van der Waals surface area contributed by atoms with Crippen LogP contribution in [0.4, 0.5) is 0 Å². The minimum atomic E-state index is -3.92. The van der Waals surface area contributed by atoms with Gasteiger partial charge in [0.05, 0.1) is 10.8 Å². The highest BCUT2D eigenvalue weighted by Gasteiger charge is 2.20. The van der Waals surface area contributed by atoms with Crippen molar-refractivity contribution >= 4 is 43.2 Å². The van der Waals surface area contributed by atoms with Crippen molar-refractivity contribution in [3.63, 3.8) is 0 Å². The lowest BCUT2D eigenvalue weighted by Gasteiger charge is -2.14. The smallest absolute Gasteiger partial charge is 0.212 e. The van der Waals surface area contributed by atoms with E-state index in [0.717, 1.165) is 0 Å². The normalized spacial score (nSPS) is 12.5. The number of rotatable bonds is 8. The fraction of sp³-hybridized carbons (Fsp3) is 0.294. The first-order valence-corrected chi connectivity index (χ1v) is 11.9. The van der Waals surface area contributed by atoms with Gasteiger partial charge in [-0.15, -0.1) is 0 Å². The maximum absolute atomic E-state index is 12.5. The second-order valence-corrected chi connectivity index (χ2v) is 10.5. The second-order valence-electron chi connectivity index (χ2n) is 6.20. The van der Waals surface area contributed by atoms with E-state index in [9.17, 15) is 16.8 Å². The molecule has 6 nitrogen and oxygen atoms in total. The van der Waals surface area contributed by atoms with Crippen molar-refractivity contribution in [1.82, 2.24) is 9.44 Å². The van der Waals surface area contributed by atoms with E-state index >= 15 is 0 Å². The van der Waals surface area contributed by atoms with Crippen molar-refractivity contribution in [3.05, 3.63) is 63.6 Å². The summed E-state index contributed by atoms with van der Waals surface area (Å²) in [6.07, 6.45) is 0. The summed E-state index contributed by atoms with van der Waals surface area (Å²) < 4.78 is 54.4. The van der Waals surface area contributed by atoms with Crippen LogP contribution in [0.3, 0.4) is 0 Å². The van der Waals surface area contributed by atoms with Crippen LogP contribution in [0.5, 0.6) is 0 Å². The van der Waals surface area contributed by atoms with E-state index in [4.69, 9.17) is 23.2 Å². The average Bonchev–Trinajstić information content (AvgIpc) is 2.54. The van der Waals surface area contributed by atoms with Gasteiger partial charge in [0.25, 0.3) is 0 Å². The number of sulfonamides is 2. The molecule has 0 atom stereocenters. The zero-order valence-corrected chi connectivity index (χ0v) is 17.9. The van der Waals surface area contributed by atoms with Crippen LogP contribution in [0.2, 0.25) is 10.0 Å². The van der Waals surface area contributed by atoms with E-state index in [1.807, 2.05) is 0 Å². The van der Waals surface area contributed by atoms with Crippen molar-refractivity contribution in [2.75, 3.05) is 0 Å². The lowest BCUT2D eigenvalue weighted by molar-refractivity contribution is 0.568. The Morgan fingerprint density at radius 2 is 1.59 bits per heavy atom. The van der Waals surface area contributed by atoms with Crippen LogP contribution in [0.1, 0.15) is 25.0 Å². The third-order valence-corrected chi connectivity index (χ3v) is 7.15. The molecule has 27 heavy (non-hydrogen) atoms. The van der Waals surface area contributed by atoms with Gasteiger partial charge in [0.1, 0.15) is 4.90 Å². The second kappa shape index (κ2) is 8.89. The molecule has 10 heteroatoms. The average molecular weight is 451 g/mol. The van der Waals surface area contributed by atoms with Crippen LogP contribution in [0.15, 0.2) is 47.4 Å². The van der Waals surface area contributed by atoms with Gasteiger partial charge in [-0.1, -0.05) is 47.5 Å². The summed E-state index contributed by atoms with van der Waals surface area (Å²) in [5.74, 6) is -0.249. The number of nitrogens with one attached hydrogen (secondary N) is 2. The Bertz CT molecular complexity index is 1020. The molecule has 148 valence electrons. The first-order valence-electron chi connectivity index (χ1n) is 8.02. The highest BCUT2D eigenvalue weighted by molar-refractivity contribution is 7.89. The van der Waals surface area contributed by atoms with Crippen LogP contribution in [0.25, 0.3) is 0 Å². The lowest BCUT2D eigenvalue weighted by atomic mass is 10.1. The van der Waals surface area contributed by atoms with E-state index in [1.54, 1.807) is 38.1 Å². The molecule has 0 unspecified atom stereocenters. The molecule has 2 rings (SSSR count). The number of halogens is 2. The molecule has 0 aliphatic carbocycles. The minimum absolute atomic E-state index is 0.0453. The predicted molar refractivity (Wildman–Crippen MR) is 108 cm³/mol. The van der Waals surface area contributed by atoms with Gasteiger partial charge in [0, 0.05) is 17.6 Å². The summed E-state index contributed by atoms with van der Waals surface area (Å²) in [5.41, 5.74) is 1.05. The summed E-state index contributed by atoms with van der Waals surface area (Å²) >= 11 is 11.8. The number of benzene rings is 2. The third kappa shape index (κ3) is 6.44. The summed E-state index contributed by atoms with van der Waals surface area (Å²) in [5, 5.41) is 0.287. The van der Waals surface area contributed by atoms with Crippen LogP contribution >= 0.6 is 23.2 Å². The Morgan fingerprint density at radius 1 is 0.963 bits per heavy atom. The third-order valence-electron chi connectivity index (χ3n) is 3.51. The molecule has 0 aromatic heterocycles. The Morgan fingerprint density at radius 3 is 2.22 bits per heavy atom. The zero-order valence-electron chi connectivity index (χ0n) is 14.7. The highest BCUT2D eigenvalue weighted by Crippen LogP contribution is 2.25. The predicted octanol–water partition coefficient (Wildman–Crippen LogP) is 3.30. The molecule has 0 saturated carbocycles. The molecule has 2 aromatic carbocycles. The first kappa shape index (κ1) is 22.1. The summed E-state index contributed by atoms with van der Waals surface area (Å²) in [4.78, 5) is -0.136. The van der Waals surface area contributed by atoms with Gasteiger partial charge in [-0.25, -0.2) is 26.3 Å². The Hall–Kier alpha value is -1.16. The van der Waals surface area contributed by atoms with Gasteiger partial charge in [-0.05, 0) is 43.2 Å². The monoisotopic (exact) mass is 450 g/mol. The molecule has 0 radical (unpaired) electrons. The zero-order chi connectivity index (χ0) is 20.2. The molecule has 2 aromatic rings. The topological polar surface area (TPSA) is 92.3 Å². The van der Waals surface area contributed by atoms with Crippen LogP contribution in [-0.2, 0) is 32.3 Å². The Labute approximate surface area is 170 Å². The van der Waals surface area contributed by atoms with Gasteiger partial charge < -0.3 is 0 Å². The van der Waals surface area contributed by atoms with Crippen LogP contribution < -0.4 is 9.44 Å². The Kier molecular flexibility index (Phi) is 7.29. The van der Waals surface area contributed by atoms with Crippen LogP contribution in [0, 0.1) is 0 Å². The van der Waals surface area contributed by atoms with Crippen molar-refractivity contribution in [1.29, 1.82) is 0 Å². The molecule has 2 N–H and O–H groups in total. The summed E-state index contributed by atoms with van der Waals surface area (Å²) in [7, 11) is -7.46. The molecule has 0 bridgehead atoms. The van der Waals surface area contributed by atoms with Gasteiger partial charge in [-0.2, -0.15) is 0 Å². The van der Waals surface area contributed by atoms with Crippen LogP contribution in [-0.4, -0.2) is 22.9 Å². The minimum Gasteiger partial charge on any atom is -0.212 e. The maximum Gasteiger partial charge on any atom is 0.242 e. The quantitative estimate of drug-likeness (QED) is 0.644. The molecule has 0 spiro atoms.